The first-order valence-electron chi connectivity index (χ1n) is 7.47. The van der Waals surface area contributed by atoms with Gasteiger partial charge >= 0.3 is 0 Å². The molecule has 0 atom stereocenters. The van der Waals surface area contributed by atoms with E-state index in [0.29, 0.717) is 0 Å². The Balaban J connectivity index is 1.76. The molecule has 108 valence electrons. The van der Waals surface area contributed by atoms with Gasteiger partial charge in [0.25, 0.3) is 0 Å². The van der Waals surface area contributed by atoms with Crippen LogP contribution in [0.25, 0.3) is 5.57 Å². The SMILES string of the molecule is COc1ccc(C2=COC3(CCCCC3)OCC2)cc1. The topological polar surface area (TPSA) is 27.7 Å². The van der Waals surface area contributed by atoms with Crippen molar-refractivity contribution < 1.29 is 14.2 Å². The quantitative estimate of drug-likeness (QED) is 0.811. The molecule has 20 heavy (non-hydrogen) atoms. The van der Waals surface area contributed by atoms with Gasteiger partial charge in [-0.1, -0.05) is 18.6 Å². The lowest BCUT2D eigenvalue weighted by molar-refractivity contribution is -0.219. The summed E-state index contributed by atoms with van der Waals surface area (Å²) >= 11 is 0. The Hall–Kier alpha value is -1.48. The van der Waals surface area contributed by atoms with E-state index in [4.69, 9.17) is 14.2 Å². The average molecular weight is 274 g/mol. The van der Waals surface area contributed by atoms with Gasteiger partial charge in [0.2, 0.25) is 5.79 Å². The molecular formula is C17H22O3. The highest BCUT2D eigenvalue weighted by molar-refractivity contribution is 5.65. The number of hydrogen-bond donors (Lipinski definition) is 0. The molecule has 1 heterocycles. The van der Waals surface area contributed by atoms with Crippen molar-refractivity contribution in [2.45, 2.75) is 44.3 Å². The van der Waals surface area contributed by atoms with Crippen molar-refractivity contribution in [3.05, 3.63) is 36.1 Å². The molecule has 1 aromatic rings. The Bertz CT molecular complexity index is 470. The van der Waals surface area contributed by atoms with Gasteiger partial charge in [-0.3, -0.25) is 0 Å². The lowest BCUT2D eigenvalue weighted by atomic mass is 9.94. The largest absolute Gasteiger partial charge is 0.497 e. The summed E-state index contributed by atoms with van der Waals surface area (Å²) in [5, 5.41) is 0. The zero-order valence-electron chi connectivity index (χ0n) is 12.1. The summed E-state index contributed by atoms with van der Waals surface area (Å²) in [6, 6.07) is 8.12. The van der Waals surface area contributed by atoms with E-state index in [1.807, 2.05) is 18.4 Å². The van der Waals surface area contributed by atoms with E-state index >= 15 is 0 Å². The van der Waals surface area contributed by atoms with Crippen molar-refractivity contribution >= 4 is 5.57 Å². The molecule has 2 aliphatic rings. The van der Waals surface area contributed by atoms with Crippen molar-refractivity contribution in [3.63, 3.8) is 0 Å². The van der Waals surface area contributed by atoms with Crippen LogP contribution in [0.15, 0.2) is 30.5 Å². The Morgan fingerprint density at radius 2 is 1.80 bits per heavy atom. The molecule has 1 aliphatic heterocycles. The van der Waals surface area contributed by atoms with Gasteiger partial charge in [-0.05, 0) is 42.5 Å². The molecule has 0 radical (unpaired) electrons. The maximum atomic E-state index is 6.04. The maximum absolute atomic E-state index is 6.04. The number of hydrogen-bond acceptors (Lipinski definition) is 3. The van der Waals surface area contributed by atoms with Gasteiger partial charge in [-0.2, -0.15) is 0 Å². The fourth-order valence-electron chi connectivity index (χ4n) is 2.99. The number of methoxy groups -OCH3 is 1. The third kappa shape index (κ3) is 2.83. The Morgan fingerprint density at radius 1 is 1.05 bits per heavy atom. The molecule has 3 nitrogen and oxygen atoms in total. The van der Waals surface area contributed by atoms with E-state index in [2.05, 4.69) is 12.1 Å². The predicted molar refractivity (Wildman–Crippen MR) is 78.4 cm³/mol. The standard InChI is InChI=1S/C17H22O3/c1-18-16-7-5-14(6-8-16)15-9-12-19-17(20-13-15)10-3-2-4-11-17/h5-8,13H,2-4,9-12H2,1H3. The molecule has 0 aromatic heterocycles. The summed E-state index contributed by atoms with van der Waals surface area (Å²) in [6.45, 7) is 0.734. The lowest BCUT2D eigenvalue weighted by Crippen LogP contribution is -2.36. The Morgan fingerprint density at radius 3 is 2.50 bits per heavy atom. The molecule has 0 saturated heterocycles. The van der Waals surface area contributed by atoms with Gasteiger partial charge in [0, 0.05) is 12.8 Å². The van der Waals surface area contributed by atoms with Gasteiger partial charge in [0.05, 0.1) is 20.0 Å². The second-order valence-electron chi connectivity index (χ2n) is 5.56. The van der Waals surface area contributed by atoms with Crippen LogP contribution in [0.5, 0.6) is 5.75 Å². The van der Waals surface area contributed by atoms with E-state index < -0.39 is 0 Å². The van der Waals surface area contributed by atoms with Gasteiger partial charge in [0.15, 0.2) is 0 Å². The van der Waals surface area contributed by atoms with Gasteiger partial charge in [0.1, 0.15) is 5.75 Å². The molecule has 1 aliphatic carbocycles. The fourth-order valence-corrected chi connectivity index (χ4v) is 2.99. The minimum Gasteiger partial charge on any atom is -0.497 e. The highest BCUT2D eigenvalue weighted by Crippen LogP contribution is 2.36. The minimum atomic E-state index is -0.355. The fraction of sp³-hybridized carbons (Fsp3) is 0.529. The number of ether oxygens (including phenoxy) is 3. The zero-order valence-corrected chi connectivity index (χ0v) is 12.1. The summed E-state index contributed by atoms with van der Waals surface area (Å²) in [5.41, 5.74) is 2.39. The second kappa shape index (κ2) is 5.88. The summed E-state index contributed by atoms with van der Waals surface area (Å²) < 4.78 is 17.3. The average Bonchev–Trinajstić information content (AvgIpc) is 2.71. The first-order valence-corrected chi connectivity index (χ1v) is 7.47. The minimum absolute atomic E-state index is 0.355. The van der Waals surface area contributed by atoms with Crippen LogP contribution in [0.2, 0.25) is 0 Å². The van der Waals surface area contributed by atoms with Crippen LogP contribution in [-0.4, -0.2) is 19.5 Å². The molecule has 3 rings (SSSR count). The number of benzene rings is 1. The monoisotopic (exact) mass is 274 g/mol. The molecule has 0 amide bonds. The van der Waals surface area contributed by atoms with Gasteiger partial charge < -0.3 is 14.2 Å². The van der Waals surface area contributed by atoms with Gasteiger partial charge in [-0.25, -0.2) is 0 Å². The van der Waals surface area contributed by atoms with Gasteiger partial charge in [-0.15, -0.1) is 0 Å². The summed E-state index contributed by atoms with van der Waals surface area (Å²) in [6.07, 6.45) is 8.54. The van der Waals surface area contributed by atoms with Crippen molar-refractivity contribution in [2.75, 3.05) is 13.7 Å². The van der Waals surface area contributed by atoms with Crippen LogP contribution < -0.4 is 4.74 Å². The lowest BCUT2D eigenvalue weighted by Gasteiger charge is -2.35. The van der Waals surface area contributed by atoms with E-state index in [1.165, 1.54) is 30.4 Å². The van der Waals surface area contributed by atoms with E-state index in [0.717, 1.165) is 31.6 Å². The third-order valence-electron chi connectivity index (χ3n) is 4.23. The van der Waals surface area contributed by atoms with E-state index in [1.54, 1.807) is 7.11 Å². The molecule has 0 bridgehead atoms. The van der Waals surface area contributed by atoms with E-state index in [9.17, 15) is 0 Å². The summed E-state index contributed by atoms with van der Waals surface area (Å²) in [5.74, 6) is 0.524. The molecule has 0 N–H and O–H groups in total. The van der Waals surface area contributed by atoms with Crippen molar-refractivity contribution in [1.82, 2.24) is 0 Å². The van der Waals surface area contributed by atoms with Crippen LogP contribution in [0, 0.1) is 0 Å². The van der Waals surface area contributed by atoms with E-state index in [-0.39, 0.29) is 5.79 Å². The van der Waals surface area contributed by atoms with Crippen molar-refractivity contribution in [1.29, 1.82) is 0 Å². The van der Waals surface area contributed by atoms with Crippen molar-refractivity contribution in [3.8, 4) is 5.75 Å². The molecule has 1 fully saturated rings. The predicted octanol–water partition coefficient (Wildman–Crippen LogP) is 4.13. The molecular weight excluding hydrogens is 252 g/mol. The maximum Gasteiger partial charge on any atom is 0.209 e. The first-order chi connectivity index (χ1) is 9.81. The molecule has 1 aromatic carbocycles. The van der Waals surface area contributed by atoms with Crippen LogP contribution in [0.1, 0.15) is 44.1 Å². The zero-order chi connectivity index (χ0) is 13.8. The number of rotatable bonds is 2. The summed E-state index contributed by atoms with van der Waals surface area (Å²) in [4.78, 5) is 0. The molecule has 0 unspecified atom stereocenters. The third-order valence-corrected chi connectivity index (χ3v) is 4.23. The second-order valence-corrected chi connectivity index (χ2v) is 5.56. The highest BCUT2D eigenvalue weighted by atomic mass is 16.7. The summed E-state index contributed by atoms with van der Waals surface area (Å²) in [7, 11) is 1.68. The van der Waals surface area contributed by atoms with Crippen LogP contribution in [0.4, 0.5) is 0 Å². The Labute approximate surface area is 120 Å². The smallest absolute Gasteiger partial charge is 0.209 e. The van der Waals surface area contributed by atoms with Crippen LogP contribution in [-0.2, 0) is 9.47 Å². The molecule has 3 heteroatoms. The van der Waals surface area contributed by atoms with Crippen molar-refractivity contribution in [2.24, 2.45) is 0 Å². The van der Waals surface area contributed by atoms with Crippen LogP contribution >= 0.6 is 0 Å². The molecule has 1 saturated carbocycles. The molecule has 1 spiro atoms. The Kier molecular flexibility index (Phi) is 3.97. The normalized spacial score (nSPS) is 21.8. The van der Waals surface area contributed by atoms with Crippen LogP contribution in [0.3, 0.4) is 0 Å². The highest BCUT2D eigenvalue weighted by Gasteiger charge is 2.35. The first kappa shape index (κ1) is 13.5.